The summed E-state index contributed by atoms with van der Waals surface area (Å²) in [4.78, 5) is 34.9. The van der Waals surface area contributed by atoms with Gasteiger partial charge in [-0.3, -0.25) is 9.59 Å². The third kappa shape index (κ3) is 5.58. The van der Waals surface area contributed by atoms with Crippen molar-refractivity contribution in [2.75, 3.05) is 20.1 Å². The zero-order valence-electron chi connectivity index (χ0n) is 11.1. The number of amides is 3. The molecule has 1 fully saturated rings. The topological polar surface area (TPSA) is 98.7 Å². The van der Waals surface area contributed by atoms with E-state index in [1.165, 1.54) is 0 Å². The average Bonchev–Trinajstić information content (AvgIpc) is 2.65. The Morgan fingerprint density at radius 1 is 1.37 bits per heavy atom. The molecule has 1 saturated heterocycles. The SMILES string of the molecule is CN1CCC(NC(=O)NCCCCCC(=O)O)C1=O. The molecule has 7 nitrogen and oxygen atoms in total. The van der Waals surface area contributed by atoms with Crippen LogP contribution in [0.2, 0.25) is 0 Å². The second-order valence-corrected chi connectivity index (χ2v) is 4.71. The Kier molecular flexibility index (Phi) is 6.11. The molecule has 0 aliphatic carbocycles. The lowest BCUT2D eigenvalue weighted by Gasteiger charge is -2.13. The number of likely N-dealkylation sites (tertiary alicyclic amines) is 1. The van der Waals surface area contributed by atoms with Crippen molar-refractivity contribution in [3.8, 4) is 0 Å². The van der Waals surface area contributed by atoms with Crippen LogP contribution in [0.5, 0.6) is 0 Å². The minimum Gasteiger partial charge on any atom is -0.481 e. The number of likely N-dealkylation sites (N-methyl/N-ethyl adjacent to an activating group) is 1. The van der Waals surface area contributed by atoms with E-state index in [1.54, 1.807) is 11.9 Å². The van der Waals surface area contributed by atoms with Crippen molar-refractivity contribution in [1.82, 2.24) is 15.5 Å². The summed E-state index contributed by atoms with van der Waals surface area (Å²) in [7, 11) is 1.71. The average molecular weight is 271 g/mol. The number of urea groups is 1. The summed E-state index contributed by atoms with van der Waals surface area (Å²) in [5.41, 5.74) is 0. The van der Waals surface area contributed by atoms with E-state index in [4.69, 9.17) is 5.11 Å². The van der Waals surface area contributed by atoms with E-state index < -0.39 is 12.0 Å². The number of hydrogen-bond acceptors (Lipinski definition) is 3. The Balaban J connectivity index is 2.05. The first-order valence-electron chi connectivity index (χ1n) is 6.52. The van der Waals surface area contributed by atoms with Crippen molar-refractivity contribution in [3.63, 3.8) is 0 Å². The minimum atomic E-state index is -0.797. The van der Waals surface area contributed by atoms with Crippen LogP contribution in [-0.4, -0.2) is 54.1 Å². The maximum absolute atomic E-state index is 11.5. The highest BCUT2D eigenvalue weighted by atomic mass is 16.4. The quantitative estimate of drug-likeness (QED) is 0.574. The van der Waals surface area contributed by atoms with Gasteiger partial charge in [-0.2, -0.15) is 0 Å². The zero-order chi connectivity index (χ0) is 14.3. The fourth-order valence-electron chi connectivity index (χ4n) is 1.95. The monoisotopic (exact) mass is 271 g/mol. The molecule has 1 heterocycles. The van der Waals surface area contributed by atoms with Gasteiger partial charge in [-0.1, -0.05) is 6.42 Å². The molecule has 0 saturated carbocycles. The summed E-state index contributed by atoms with van der Waals surface area (Å²) in [6, 6.07) is -0.760. The van der Waals surface area contributed by atoms with Gasteiger partial charge in [-0.25, -0.2) is 4.79 Å². The third-order valence-corrected chi connectivity index (χ3v) is 3.09. The minimum absolute atomic E-state index is 0.0587. The maximum Gasteiger partial charge on any atom is 0.315 e. The van der Waals surface area contributed by atoms with Gasteiger partial charge in [-0.15, -0.1) is 0 Å². The van der Waals surface area contributed by atoms with Crippen LogP contribution in [0, 0.1) is 0 Å². The van der Waals surface area contributed by atoms with Gasteiger partial charge in [0.15, 0.2) is 0 Å². The van der Waals surface area contributed by atoms with Crippen LogP contribution in [0.25, 0.3) is 0 Å². The first-order valence-corrected chi connectivity index (χ1v) is 6.52. The number of rotatable bonds is 7. The lowest BCUT2D eigenvalue weighted by molar-refractivity contribution is -0.137. The van der Waals surface area contributed by atoms with E-state index in [0.717, 1.165) is 12.8 Å². The Labute approximate surface area is 112 Å². The molecule has 0 aromatic heterocycles. The smallest absolute Gasteiger partial charge is 0.315 e. The summed E-state index contributed by atoms with van der Waals surface area (Å²) in [6.07, 6.45) is 2.91. The molecule has 3 N–H and O–H groups in total. The predicted octanol–water partition coefficient (Wildman–Crippen LogP) is 0.161. The normalized spacial score (nSPS) is 18.5. The van der Waals surface area contributed by atoms with Crippen LogP contribution in [0.1, 0.15) is 32.1 Å². The molecular weight excluding hydrogens is 250 g/mol. The number of carboxylic acid groups (broad SMARTS) is 1. The van der Waals surface area contributed by atoms with Crippen LogP contribution in [0.4, 0.5) is 4.79 Å². The van der Waals surface area contributed by atoms with Crippen molar-refractivity contribution in [3.05, 3.63) is 0 Å². The van der Waals surface area contributed by atoms with Crippen molar-refractivity contribution in [1.29, 1.82) is 0 Å². The molecule has 7 heteroatoms. The molecule has 0 spiro atoms. The fraction of sp³-hybridized carbons (Fsp3) is 0.750. The molecule has 19 heavy (non-hydrogen) atoms. The van der Waals surface area contributed by atoms with Crippen molar-refractivity contribution < 1.29 is 19.5 Å². The summed E-state index contributed by atoms with van der Waals surface area (Å²) < 4.78 is 0. The van der Waals surface area contributed by atoms with Gasteiger partial charge in [0.1, 0.15) is 6.04 Å². The Morgan fingerprint density at radius 2 is 2.11 bits per heavy atom. The number of nitrogens with zero attached hydrogens (tertiary/aromatic N) is 1. The first kappa shape index (κ1) is 15.3. The molecule has 0 bridgehead atoms. The van der Waals surface area contributed by atoms with E-state index in [-0.39, 0.29) is 18.4 Å². The van der Waals surface area contributed by atoms with Gasteiger partial charge in [0.05, 0.1) is 0 Å². The molecule has 0 radical (unpaired) electrons. The summed E-state index contributed by atoms with van der Waals surface area (Å²) in [5, 5.41) is 13.7. The number of carboxylic acids is 1. The largest absolute Gasteiger partial charge is 0.481 e. The molecule has 108 valence electrons. The van der Waals surface area contributed by atoms with E-state index in [2.05, 4.69) is 10.6 Å². The second-order valence-electron chi connectivity index (χ2n) is 4.71. The molecule has 3 amide bonds. The molecule has 0 aromatic rings. The fourth-order valence-corrected chi connectivity index (χ4v) is 1.95. The molecule has 1 rings (SSSR count). The van der Waals surface area contributed by atoms with Crippen LogP contribution >= 0.6 is 0 Å². The molecule has 1 aliphatic rings. The van der Waals surface area contributed by atoms with Crippen LogP contribution in [-0.2, 0) is 9.59 Å². The Hall–Kier alpha value is -1.79. The Bertz CT molecular complexity index is 346. The zero-order valence-corrected chi connectivity index (χ0v) is 11.1. The molecule has 1 aliphatic heterocycles. The highest BCUT2D eigenvalue weighted by molar-refractivity contribution is 5.88. The third-order valence-electron chi connectivity index (χ3n) is 3.09. The standard InChI is InChI=1S/C12H21N3O4/c1-15-8-6-9(11(15)18)14-12(19)13-7-4-2-3-5-10(16)17/h9H,2-8H2,1H3,(H,16,17)(H2,13,14,19). The maximum atomic E-state index is 11.5. The van der Waals surface area contributed by atoms with Gasteiger partial charge in [0.2, 0.25) is 5.91 Å². The van der Waals surface area contributed by atoms with Gasteiger partial charge >= 0.3 is 12.0 Å². The van der Waals surface area contributed by atoms with E-state index in [1.807, 2.05) is 0 Å². The van der Waals surface area contributed by atoms with Crippen LogP contribution in [0.15, 0.2) is 0 Å². The number of carbonyl (C=O) groups excluding carboxylic acids is 2. The van der Waals surface area contributed by atoms with E-state index in [0.29, 0.717) is 25.9 Å². The van der Waals surface area contributed by atoms with Crippen molar-refractivity contribution >= 4 is 17.9 Å². The molecule has 1 unspecified atom stereocenters. The number of hydrogen-bond donors (Lipinski definition) is 3. The highest BCUT2D eigenvalue weighted by Crippen LogP contribution is 2.07. The summed E-state index contributed by atoms with van der Waals surface area (Å²) in [6.45, 7) is 1.15. The summed E-state index contributed by atoms with van der Waals surface area (Å²) >= 11 is 0. The van der Waals surface area contributed by atoms with Crippen molar-refractivity contribution in [2.24, 2.45) is 0 Å². The first-order chi connectivity index (χ1) is 9.00. The van der Waals surface area contributed by atoms with E-state index >= 15 is 0 Å². The number of unbranched alkanes of at least 4 members (excludes halogenated alkanes) is 2. The van der Waals surface area contributed by atoms with Gasteiger partial charge in [0, 0.05) is 26.6 Å². The van der Waals surface area contributed by atoms with Crippen molar-refractivity contribution in [2.45, 2.75) is 38.1 Å². The highest BCUT2D eigenvalue weighted by Gasteiger charge is 2.29. The van der Waals surface area contributed by atoms with E-state index in [9.17, 15) is 14.4 Å². The predicted molar refractivity (Wildman–Crippen MR) is 68.7 cm³/mol. The lowest BCUT2D eigenvalue weighted by Crippen LogP contribution is -2.45. The molecular formula is C12H21N3O4. The van der Waals surface area contributed by atoms with Crippen LogP contribution in [0.3, 0.4) is 0 Å². The number of carbonyl (C=O) groups is 3. The number of aliphatic carboxylic acids is 1. The Morgan fingerprint density at radius 3 is 2.68 bits per heavy atom. The van der Waals surface area contributed by atoms with Crippen LogP contribution < -0.4 is 10.6 Å². The molecule has 0 aromatic carbocycles. The second kappa shape index (κ2) is 7.60. The lowest BCUT2D eigenvalue weighted by atomic mass is 10.2. The summed E-state index contributed by atoms with van der Waals surface area (Å²) in [5.74, 6) is -0.855. The number of nitrogens with one attached hydrogen (secondary N) is 2. The van der Waals surface area contributed by atoms with Gasteiger partial charge in [-0.05, 0) is 19.3 Å². The molecule has 1 atom stereocenters. The van der Waals surface area contributed by atoms with Gasteiger partial charge in [0.25, 0.3) is 0 Å². The van der Waals surface area contributed by atoms with Gasteiger partial charge < -0.3 is 20.6 Å².